The Morgan fingerprint density at radius 1 is 1.26 bits per heavy atom. The minimum atomic E-state index is -0.509. The number of nitrogens with one attached hydrogen (secondary N) is 1. The van der Waals surface area contributed by atoms with Gasteiger partial charge in [-0.15, -0.1) is 0 Å². The number of allylic oxidation sites excluding steroid dienone is 1. The summed E-state index contributed by atoms with van der Waals surface area (Å²) in [6.45, 7) is 2.55. The number of methoxy groups -OCH3 is 2. The normalized spacial score (nSPS) is 29.3. The molecule has 1 aromatic carbocycles. The summed E-state index contributed by atoms with van der Waals surface area (Å²) >= 11 is 0. The monoisotopic (exact) mass is 368 g/mol. The van der Waals surface area contributed by atoms with E-state index in [1.807, 2.05) is 42.2 Å². The number of carbonyl (C=O) groups excluding carboxylic acids is 2. The number of aromatic amines is 1. The highest BCUT2D eigenvalue weighted by Gasteiger charge is 2.48. The molecule has 27 heavy (non-hydrogen) atoms. The zero-order chi connectivity index (χ0) is 19.1. The lowest BCUT2D eigenvalue weighted by molar-refractivity contribution is -0.152. The SMILES string of the molecule is CC=C1CN2C(OC)Cc3c([nH]c4ccccc34)C(=O)CC1C2C(=O)OC. The van der Waals surface area contributed by atoms with Crippen LogP contribution in [0.1, 0.15) is 29.4 Å². The summed E-state index contributed by atoms with van der Waals surface area (Å²) in [6.07, 6.45) is 2.48. The molecule has 0 saturated carbocycles. The number of ketones is 1. The molecule has 4 atom stereocenters. The van der Waals surface area contributed by atoms with E-state index in [1.165, 1.54) is 7.11 Å². The molecule has 4 rings (SSSR count). The molecule has 3 heterocycles. The van der Waals surface area contributed by atoms with Crippen LogP contribution < -0.4 is 0 Å². The summed E-state index contributed by atoms with van der Waals surface area (Å²) in [4.78, 5) is 31.1. The van der Waals surface area contributed by atoms with Crippen LogP contribution in [0.15, 0.2) is 35.9 Å². The molecular weight excluding hydrogens is 344 g/mol. The van der Waals surface area contributed by atoms with Crippen LogP contribution in [0.2, 0.25) is 0 Å². The Balaban J connectivity index is 1.88. The minimum absolute atomic E-state index is 0.0260. The molecule has 2 aliphatic rings. The van der Waals surface area contributed by atoms with Crippen molar-refractivity contribution >= 4 is 22.7 Å². The molecule has 0 aliphatic carbocycles. The number of benzene rings is 1. The van der Waals surface area contributed by atoms with Crippen molar-refractivity contribution in [2.75, 3.05) is 20.8 Å². The van der Waals surface area contributed by atoms with Crippen LogP contribution in [-0.4, -0.2) is 54.7 Å². The van der Waals surface area contributed by atoms with Gasteiger partial charge in [-0.25, -0.2) is 0 Å². The van der Waals surface area contributed by atoms with Gasteiger partial charge in [0.1, 0.15) is 12.3 Å². The number of aromatic nitrogens is 1. The van der Waals surface area contributed by atoms with E-state index in [0.717, 1.165) is 22.0 Å². The Labute approximate surface area is 158 Å². The Kier molecular flexibility index (Phi) is 4.61. The average molecular weight is 368 g/mol. The van der Waals surface area contributed by atoms with E-state index >= 15 is 0 Å². The highest BCUT2D eigenvalue weighted by molar-refractivity contribution is 6.03. The molecule has 6 heteroatoms. The highest BCUT2D eigenvalue weighted by atomic mass is 16.5. The number of nitrogens with zero attached hydrogens (tertiary/aromatic N) is 1. The fourth-order valence-corrected chi connectivity index (χ4v) is 4.57. The third-order valence-electron chi connectivity index (χ3n) is 5.91. The molecule has 6 nitrogen and oxygen atoms in total. The van der Waals surface area contributed by atoms with Crippen molar-refractivity contribution < 1.29 is 19.1 Å². The zero-order valence-electron chi connectivity index (χ0n) is 15.8. The lowest BCUT2D eigenvalue weighted by Crippen LogP contribution is -2.47. The maximum absolute atomic E-state index is 13.2. The third kappa shape index (κ3) is 2.80. The van der Waals surface area contributed by atoms with Crippen LogP contribution in [-0.2, 0) is 20.7 Å². The van der Waals surface area contributed by atoms with E-state index in [2.05, 4.69) is 4.98 Å². The first-order chi connectivity index (χ1) is 13.1. The van der Waals surface area contributed by atoms with Gasteiger partial charge in [-0.1, -0.05) is 29.8 Å². The van der Waals surface area contributed by atoms with Crippen molar-refractivity contribution in [3.8, 4) is 0 Å². The van der Waals surface area contributed by atoms with Gasteiger partial charge in [0.15, 0.2) is 5.78 Å². The topological polar surface area (TPSA) is 71.6 Å². The van der Waals surface area contributed by atoms with Gasteiger partial charge >= 0.3 is 5.97 Å². The van der Waals surface area contributed by atoms with E-state index in [9.17, 15) is 9.59 Å². The number of esters is 1. The lowest BCUT2D eigenvalue weighted by atomic mass is 9.89. The highest BCUT2D eigenvalue weighted by Crippen LogP contribution is 2.39. The van der Waals surface area contributed by atoms with Crippen molar-refractivity contribution in [3.05, 3.63) is 47.2 Å². The number of rotatable bonds is 2. The molecule has 2 aromatic rings. The molecule has 2 aliphatic heterocycles. The average Bonchev–Trinajstić information content (AvgIpc) is 3.24. The van der Waals surface area contributed by atoms with E-state index in [1.54, 1.807) is 7.11 Å². The first-order valence-corrected chi connectivity index (χ1v) is 9.23. The number of fused-ring (bicyclic) bond motifs is 5. The second-order valence-electron chi connectivity index (χ2n) is 7.16. The number of ether oxygens (including phenoxy) is 2. The molecule has 142 valence electrons. The third-order valence-corrected chi connectivity index (χ3v) is 5.91. The number of Topliss-reactive ketones (excluding diaryl/α,β-unsaturated/α-hetero) is 1. The summed E-state index contributed by atoms with van der Waals surface area (Å²) in [5.41, 5.74) is 3.62. The van der Waals surface area contributed by atoms with Gasteiger partial charge < -0.3 is 14.5 Å². The van der Waals surface area contributed by atoms with Gasteiger partial charge in [0.25, 0.3) is 0 Å². The molecule has 2 bridgehead atoms. The molecule has 0 radical (unpaired) electrons. The van der Waals surface area contributed by atoms with Crippen LogP contribution in [0.25, 0.3) is 10.9 Å². The van der Waals surface area contributed by atoms with E-state index in [4.69, 9.17) is 9.47 Å². The Hall–Kier alpha value is -2.44. The predicted molar refractivity (Wildman–Crippen MR) is 102 cm³/mol. The van der Waals surface area contributed by atoms with E-state index in [-0.39, 0.29) is 30.3 Å². The first-order valence-electron chi connectivity index (χ1n) is 9.23. The van der Waals surface area contributed by atoms with Crippen LogP contribution in [0, 0.1) is 5.92 Å². The molecule has 1 fully saturated rings. The summed E-state index contributed by atoms with van der Waals surface area (Å²) in [7, 11) is 3.04. The summed E-state index contributed by atoms with van der Waals surface area (Å²) in [6, 6.07) is 7.41. The number of carbonyl (C=O) groups is 2. The molecular formula is C21H24N2O4. The fourth-order valence-electron chi connectivity index (χ4n) is 4.57. The van der Waals surface area contributed by atoms with Gasteiger partial charge in [0, 0.05) is 43.3 Å². The smallest absolute Gasteiger partial charge is 0.323 e. The summed E-state index contributed by atoms with van der Waals surface area (Å²) in [5, 5.41) is 1.03. The first kappa shape index (κ1) is 17.9. The Morgan fingerprint density at radius 2 is 2.04 bits per heavy atom. The summed E-state index contributed by atoms with van der Waals surface area (Å²) < 4.78 is 10.9. The Bertz CT molecular complexity index is 929. The maximum Gasteiger partial charge on any atom is 0.323 e. The quantitative estimate of drug-likeness (QED) is 0.652. The minimum Gasteiger partial charge on any atom is -0.468 e. The number of hydrogen-bond acceptors (Lipinski definition) is 5. The van der Waals surface area contributed by atoms with E-state index < -0.39 is 6.04 Å². The molecule has 1 saturated heterocycles. The molecule has 4 unspecified atom stereocenters. The van der Waals surface area contributed by atoms with Gasteiger partial charge in [0.2, 0.25) is 0 Å². The predicted octanol–water partition coefficient (Wildman–Crippen LogP) is 2.69. The number of H-pyrrole nitrogens is 1. The van der Waals surface area contributed by atoms with E-state index in [0.29, 0.717) is 18.7 Å². The van der Waals surface area contributed by atoms with Crippen LogP contribution in [0.4, 0.5) is 0 Å². The van der Waals surface area contributed by atoms with Crippen molar-refractivity contribution in [2.45, 2.75) is 32.0 Å². The van der Waals surface area contributed by atoms with Crippen LogP contribution >= 0.6 is 0 Å². The van der Waals surface area contributed by atoms with Crippen molar-refractivity contribution in [2.24, 2.45) is 5.92 Å². The molecule has 0 spiro atoms. The largest absolute Gasteiger partial charge is 0.468 e. The second-order valence-corrected chi connectivity index (χ2v) is 7.16. The molecule has 0 amide bonds. The van der Waals surface area contributed by atoms with Gasteiger partial charge in [-0.05, 0) is 18.6 Å². The standard InChI is InChI=1S/C21H24N2O4/c1-4-12-11-23-18(26-2)10-15-13-7-5-6-8-16(13)22-19(15)17(24)9-14(12)20(23)21(25)27-3/h4-8,14,18,20,22H,9-11H2,1-3H3. The summed E-state index contributed by atoms with van der Waals surface area (Å²) in [5.74, 6) is -0.495. The number of para-hydroxylation sites is 1. The molecule has 1 aromatic heterocycles. The maximum atomic E-state index is 13.2. The zero-order valence-corrected chi connectivity index (χ0v) is 15.8. The van der Waals surface area contributed by atoms with Gasteiger partial charge in [0.05, 0.1) is 12.8 Å². The van der Waals surface area contributed by atoms with Crippen molar-refractivity contribution in [3.63, 3.8) is 0 Å². The number of hydrogen-bond donors (Lipinski definition) is 1. The fraction of sp³-hybridized carbons (Fsp3) is 0.429. The lowest BCUT2D eigenvalue weighted by Gasteiger charge is -2.31. The Morgan fingerprint density at radius 3 is 2.74 bits per heavy atom. The van der Waals surface area contributed by atoms with Crippen LogP contribution in [0.3, 0.4) is 0 Å². The molecule has 1 N–H and O–H groups in total. The van der Waals surface area contributed by atoms with Crippen molar-refractivity contribution in [1.82, 2.24) is 9.88 Å². The second kappa shape index (κ2) is 6.94. The van der Waals surface area contributed by atoms with Crippen molar-refractivity contribution in [1.29, 1.82) is 0 Å². The van der Waals surface area contributed by atoms with Crippen LogP contribution in [0.5, 0.6) is 0 Å². The van der Waals surface area contributed by atoms with Gasteiger partial charge in [-0.3, -0.25) is 14.5 Å². The van der Waals surface area contributed by atoms with Gasteiger partial charge in [-0.2, -0.15) is 0 Å².